The van der Waals surface area contributed by atoms with Gasteiger partial charge in [0.2, 0.25) is 0 Å². The van der Waals surface area contributed by atoms with Crippen LogP contribution < -0.4 is 14.3 Å². The number of aryl methyl sites for hydroxylation is 1. The molecule has 2 aromatic carbocycles. The number of rotatable bonds is 4. The number of carbonyl (C=O) groups is 1. The predicted molar refractivity (Wildman–Crippen MR) is 94.9 cm³/mol. The number of methoxy groups -OCH3 is 1. The van der Waals surface area contributed by atoms with Crippen molar-refractivity contribution in [1.82, 2.24) is 4.57 Å². The molecule has 0 N–H and O–H groups in total. The Morgan fingerprint density at radius 2 is 2.00 bits per heavy atom. The smallest absolute Gasteiger partial charge is 0.286 e. The first-order chi connectivity index (χ1) is 11.6. The van der Waals surface area contributed by atoms with Crippen LogP contribution in [0.3, 0.4) is 0 Å². The van der Waals surface area contributed by atoms with Crippen molar-refractivity contribution in [3.8, 4) is 11.5 Å². The summed E-state index contributed by atoms with van der Waals surface area (Å²) in [6.45, 7) is -0.132. The summed E-state index contributed by atoms with van der Waals surface area (Å²) in [6, 6.07) is 12.6. The van der Waals surface area contributed by atoms with Gasteiger partial charge in [0.15, 0.2) is 11.4 Å². The molecule has 0 unspecified atom stereocenters. The highest BCUT2D eigenvalue weighted by molar-refractivity contribution is 7.16. The minimum atomic E-state index is -0.355. The summed E-state index contributed by atoms with van der Waals surface area (Å²) in [5.74, 6) is 0.967. The number of fused-ring (bicyclic) bond motifs is 1. The molecule has 5 nitrogen and oxygen atoms in total. The summed E-state index contributed by atoms with van der Waals surface area (Å²) >= 11 is 7.24. The highest BCUT2D eigenvalue weighted by Gasteiger charge is 2.09. The zero-order valence-electron chi connectivity index (χ0n) is 13.2. The molecule has 0 fully saturated rings. The first-order valence-electron chi connectivity index (χ1n) is 7.17. The van der Waals surface area contributed by atoms with Gasteiger partial charge < -0.3 is 14.0 Å². The third-order valence-electron chi connectivity index (χ3n) is 3.40. The van der Waals surface area contributed by atoms with Gasteiger partial charge in [0, 0.05) is 12.1 Å². The van der Waals surface area contributed by atoms with Gasteiger partial charge in [-0.3, -0.25) is 4.79 Å². The average Bonchev–Trinajstić information content (AvgIpc) is 2.90. The van der Waals surface area contributed by atoms with E-state index in [0.29, 0.717) is 15.6 Å². The molecule has 1 heterocycles. The molecule has 1 aromatic heterocycles. The Hall–Kier alpha value is -2.31. The van der Waals surface area contributed by atoms with E-state index in [1.165, 1.54) is 11.3 Å². The number of nitrogens with zero attached hydrogens (tertiary/aromatic N) is 2. The van der Waals surface area contributed by atoms with E-state index >= 15 is 0 Å². The molecule has 1 amide bonds. The molecule has 0 aliphatic rings. The SMILES string of the molecule is COc1cccc2sc(=NC(=O)COc3ccc(Cl)cc3)n(C)c12. The van der Waals surface area contributed by atoms with E-state index in [1.807, 2.05) is 29.8 Å². The van der Waals surface area contributed by atoms with E-state index in [0.717, 1.165) is 16.0 Å². The fourth-order valence-corrected chi connectivity index (χ4v) is 3.43. The molecule has 0 atom stereocenters. The molecular formula is C17H15ClN2O3S. The number of halogens is 1. The third kappa shape index (κ3) is 3.44. The van der Waals surface area contributed by atoms with Crippen LogP contribution in [0.15, 0.2) is 47.5 Å². The van der Waals surface area contributed by atoms with Gasteiger partial charge in [-0.25, -0.2) is 0 Å². The second-order valence-corrected chi connectivity index (χ2v) is 6.44. The second-order valence-electron chi connectivity index (χ2n) is 5.00. The lowest BCUT2D eigenvalue weighted by Gasteiger charge is -2.03. The Kier molecular flexibility index (Phi) is 4.87. The number of amides is 1. The van der Waals surface area contributed by atoms with Crippen molar-refractivity contribution in [3.63, 3.8) is 0 Å². The van der Waals surface area contributed by atoms with Crippen LogP contribution in [0, 0.1) is 0 Å². The van der Waals surface area contributed by atoms with Crippen molar-refractivity contribution in [2.75, 3.05) is 13.7 Å². The fourth-order valence-electron chi connectivity index (χ4n) is 2.25. The normalized spacial score (nSPS) is 11.7. The standard InChI is InChI=1S/C17H15ClN2O3S/c1-20-16-13(22-2)4-3-5-14(16)24-17(20)19-15(21)10-23-12-8-6-11(18)7-9-12/h3-9H,10H2,1-2H3. The number of hydrogen-bond donors (Lipinski definition) is 0. The minimum Gasteiger partial charge on any atom is -0.495 e. The number of carbonyl (C=O) groups excluding carboxylic acids is 1. The Bertz CT molecular complexity index is 945. The van der Waals surface area contributed by atoms with Crippen LogP contribution >= 0.6 is 22.9 Å². The van der Waals surface area contributed by atoms with E-state index in [4.69, 9.17) is 21.1 Å². The number of ether oxygens (including phenoxy) is 2. The van der Waals surface area contributed by atoms with Crippen LogP contribution in [-0.2, 0) is 11.8 Å². The Balaban J connectivity index is 1.83. The van der Waals surface area contributed by atoms with Crippen LogP contribution in [-0.4, -0.2) is 24.2 Å². The number of para-hydroxylation sites is 1. The lowest BCUT2D eigenvalue weighted by molar-refractivity contribution is -0.120. The molecule has 3 aromatic rings. The van der Waals surface area contributed by atoms with E-state index in [1.54, 1.807) is 31.4 Å². The maximum Gasteiger partial charge on any atom is 0.286 e. The van der Waals surface area contributed by atoms with Crippen LogP contribution in [0.5, 0.6) is 11.5 Å². The zero-order valence-corrected chi connectivity index (χ0v) is 14.7. The minimum absolute atomic E-state index is 0.132. The number of aromatic nitrogens is 1. The topological polar surface area (TPSA) is 52.8 Å². The highest BCUT2D eigenvalue weighted by atomic mass is 35.5. The van der Waals surface area contributed by atoms with E-state index in [2.05, 4.69) is 4.99 Å². The van der Waals surface area contributed by atoms with Crippen LogP contribution in [0.2, 0.25) is 5.02 Å². The van der Waals surface area contributed by atoms with Crippen molar-refractivity contribution in [2.24, 2.45) is 12.0 Å². The summed E-state index contributed by atoms with van der Waals surface area (Å²) in [4.78, 5) is 16.8. The molecule has 7 heteroatoms. The maximum atomic E-state index is 12.1. The van der Waals surface area contributed by atoms with Gasteiger partial charge in [0.25, 0.3) is 5.91 Å². The second kappa shape index (κ2) is 7.07. The van der Waals surface area contributed by atoms with E-state index < -0.39 is 0 Å². The van der Waals surface area contributed by atoms with Crippen LogP contribution in [0.25, 0.3) is 10.2 Å². The average molecular weight is 363 g/mol. The van der Waals surface area contributed by atoms with Gasteiger partial charge in [-0.05, 0) is 36.4 Å². The largest absolute Gasteiger partial charge is 0.495 e. The molecule has 0 aliphatic carbocycles. The van der Waals surface area contributed by atoms with Gasteiger partial charge in [-0.15, -0.1) is 0 Å². The van der Waals surface area contributed by atoms with Crippen LogP contribution in [0.4, 0.5) is 0 Å². The summed E-state index contributed by atoms with van der Waals surface area (Å²) in [5.41, 5.74) is 0.912. The number of thiazole rings is 1. The van der Waals surface area contributed by atoms with Gasteiger partial charge in [0.05, 0.1) is 11.8 Å². The van der Waals surface area contributed by atoms with Crippen molar-refractivity contribution in [3.05, 3.63) is 52.3 Å². The molecule has 3 rings (SSSR count). The lowest BCUT2D eigenvalue weighted by Crippen LogP contribution is -2.17. The van der Waals surface area contributed by atoms with E-state index in [-0.39, 0.29) is 12.5 Å². The lowest BCUT2D eigenvalue weighted by atomic mass is 10.3. The van der Waals surface area contributed by atoms with Crippen molar-refractivity contribution in [1.29, 1.82) is 0 Å². The molecule has 0 saturated carbocycles. The molecule has 0 radical (unpaired) electrons. The maximum absolute atomic E-state index is 12.1. The third-order valence-corrected chi connectivity index (χ3v) is 4.75. The van der Waals surface area contributed by atoms with Crippen molar-refractivity contribution >= 4 is 39.1 Å². The molecule has 0 saturated heterocycles. The van der Waals surface area contributed by atoms with Crippen molar-refractivity contribution < 1.29 is 14.3 Å². The fraction of sp³-hybridized carbons (Fsp3) is 0.176. The molecule has 0 bridgehead atoms. The highest BCUT2D eigenvalue weighted by Crippen LogP contribution is 2.26. The first-order valence-corrected chi connectivity index (χ1v) is 8.36. The number of benzene rings is 2. The van der Waals surface area contributed by atoms with Gasteiger partial charge in [0.1, 0.15) is 17.0 Å². The monoisotopic (exact) mass is 362 g/mol. The molecular weight excluding hydrogens is 348 g/mol. The van der Waals surface area contributed by atoms with Crippen molar-refractivity contribution in [2.45, 2.75) is 0 Å². The molecule has 0 aliphatic heterocycles. The summed E-state index contributed by atoms with van der Waals surface area (Å²) in [7, 11) is 3.47. The quantitative estimate of drug-likeness (QED) is 0.714. The van der Waals surface area contributed by atoms with E-state index in [9.17, 15) is 4.79 Å². The number of hydrogen-bond acceptors (Lipinski definition) is 4. The van der Waals surface area contributed by atoms with Gasteiger partial charge >= 0.3 is 0 Å². The predicted octanol–water partition coefficient (Wildman–Crippen LogP) is 3.41. The molecule has 124 valence electrons. The van der Waals surface area contributed by atoms with Gasteiger partial charge in [-0.1, -0.05) is 29.0 Å². The van der Waals surface area contributed by atoms with Gasteiger partial charge in [-0.2, -0.15) is 4.99 Å². The molecule has 0 spiro atoms. The summed E-state index contributed by atoms with van der Waals surface area (Å²) in [5, 5.41) is 0.615. The Morgan fingerprint density at radius 3 is 2.71 bits per heavy atom. The Morgan fingerprint density at radius 1 is 1.25 bits per heavy atom. The molecule has 24 heavy (non-hydrogen) atoms. The zero-order chi connectivity index (χ0) is 17.1. The summed E-state index contributed by atoms with van der Waals surface area (Å²) < 4.78 is 13.6. The van der Waals surface area contributed by atoms with Crippen LogP contribution in [0.1, 0.15) is 0 Å². The Labute approximate surface area is 147 Å². The first kappa shape index (κ1) is 16.5. The summed E-state index contributed by atoms with van der Waals surface area (Å²) in [6.07, 6.45) is 0.